The van der Waals surface area contributed by atoms with Gasteiger partial charge in [-0.15, -0.1) is 0 Å². The molecule has 1 aromatic rings. The number of aromatic carboxylic acids is 1. The van der Waals surface area contributed by atoms with Crippen LogP contribution >= 0.6 is 0 Å². The molecular formula is C16H18N4O4. The molecule has 126 valence electrons. The van der Waals surface area contributed by atoms with Crippen LogP contribution in [0, 0.1) is 11.3 Å². The molecule has 0 bridgehead atoms. The molecule has 2 amide bonds. The topological polar surface area (TPSA) is 123 Å². The Bertz CT molecular complexity index is 666. The number of nitriles is 1. The number of nitrogens with zero attached hydrogens (tertiary/aromatic N) is 2. The van der Waals surface area contributed by atoms with Crippen LogP contribution in [0.5, 0.6) is 0 Å². The lowest BCUT2D eigenvalue weighted by Gasteiger charge is -2.19. The molecule has 3 N–H and O–H groups in total. The monoisotopic (exact) mass is 330 g/mol. The largest absolute Gasteiger partial charge is 0.478 e. The van der Waals surface area contributed by atoms with E-state index in [1.54, 1.807) is 0 Å². The Morgan fingerprint density at radius 2 is 1.96 bits per heavy atom. The minimum absolute atomic E-state index is 0.0104. The van der Waals surface area contributed by atoms with Crippen LogP contribution in [0.25, 0.3) is 0 Å². The Kier molecular flexibility index (Phi) is 5.87. The maximum absolute atomic E-state index is 12.0. The van der Waals surface area contributed by atoms with Gasteiger partial charge in [0.15, 0.2) is 0 Å². The van der Waals surface area contributed by atoms with Crippen molar-refractivity contribution in [3.05, 3.63) is 29.8 Å². The van der Waals surface area contributed by atoms with Gasteiger partial charge in [0.1, 0.15) is 6.04 Å². The predicted molar refractivity (Wildman–Crippen MR) is 85.2 cm³/mol. The minimum atomic E-state index is -1.04. The van der Waals surface area contributed by atoms with Crippen molar-refractivity contribution in [1.82, 2.24) is 10.2 Å². The summed E-state index contributed by atoms with van der Waals surface area (Å²) in [5, 5.41) is 23.1. The highest BCUT2D eigenvalue weighted by molar-refractivity contribution is 5.93. The van der Waals surface area contributed by atoms with Gasteiger partial charge in [0, 0.05) is 12.2 Å². The maximum Gasteiger partial charge on any atom is 0.335 e. The Balaban J connectivity index is 1.74. The first-order chi connectivity index (χ1) is 11.5. The lowest BCUT2D eigenvalue weighted by Crippen LogP contribution is -2.42. The normalized spacial score (nSPS) is 16.5. The van der Waals surface area contributed by atoms with Crippen molar-refractivity contribution < 1.29 is 19.5 Å². The molecule has 1 aliphatic rings. The fraction of sp³-hybridized carbons (Fsp3) is 0.375. The van der Waals surface area contributed by atoms with Gasteiger partial charge in [0.25, 0.3) is 0 Å². The average Bonchev–Trinajstić information content (AvgIpc) is 3.04. The van der Waals surface area contributed by atoms with Crippen LogP contribution < -0.4 is 10.6 Å². The standard InChI is InChI=1S/C16H18N4O4/c17-8-13-2-1-7-20(13)15(22)10-18-9-14(21)19-12-5-3-11(4-6-12)16(23)24/h3-6,13,18H,1-2,7,9-10H2,(H,19,21)(H,23,24). The van der Waals surface area contributed by atoms with Crippen LogP contribution in [-0.4, -0.2) is 53.5 Å². The fourth-order valence-corrected chi connectivity index (χ4v) is 2.49. The molecule has 1 unspecified atom stereocenters. The lowest BCUT2D eigenvalue weighted by atomic mass is 10.2. The molecule has 0 spiro atoms. The number of anilines is 1. The molecule has 24 heavy (non-hydrogen) atoms. The van der Waals surface area contributed by atoms with E-state index in [1.807, 2.05) is 0 Å². The molecule has 0 saturated carbocycles. The van der Waals surface area contributed by atoms with Crippen LogP contribution in [0.4, 0.5) is 5.69 Å². The van der Waals surface area contributed by atoms with E-state index >= 15 is 0 Å². The first kappa shape index (κ1) is 17.4. The first-order valence-electron chi connectivity index (χ1n) is 7.54. The van der Waals surface area contributed by atoms with E-state index in [0.717, 1.165) is 6.42 Å². The summed E-state index contributed by atoms with van der Waals surface area (Å²) in [6, 6.07) is 7.50. The summed E-state index contributed by atoms with van der Waals surface area (Å²) in [4.78, 5) is 36.0. The molecule has 0 radical (unpaired) electrons. The molecule has 1 heterocycles. The highest BCUT2D eigenvalue weighted by atomic mass is 16.4. The van der Waals surface area contributed by atoms with Gasteiger partial charge in [-0.2, -0.15) is 5.26 Å². The summed E-state index contributed by atoms with van der Waals surface area (Å²) < 4.78 is 0. The number of likely N-dealkylation sites (tertiary alicyclic amines) is 1. The number of carboxylic acid groups (broad SMARTS) is 1. The van der Waals surface area contributed by atoms with Gasteiger partial charge >= 0.3 is 5.97 Å². The number of hydrogen-bond acceptors (Lipinski definition) is 5. The highest BCUT2D eigenvalue weighted by Crippen LogP contribution is 2.15. The van der Waals surface area contributed by atoms with Crippen LogP contribution in [0.1, 0.15) is 23.2 Å². The summed E-state index contributed by atoms with van der Waals surface area (Å²) in [7, 11) is 0. The second kappa shape index (κ2) is 8.08. The van der Waals surface area contributed by atoms with Crippen molar-refractivity contribution in [3.63, 3.8) is 0 Å². The van der Waals surface area contributed by atoms with Gasteiger partial charge in [-0.3, -0.25) is 14.9 Å². The molecule has 1 atom stereocenters. The van der Waals surface area contributed by atoms with E-state index in [2.05, 4.69) is 16.7 Å². The van der Waals surface area contributed by atoms with Gasteiger partial charge in [-0.25, -0.2) is 4.79 Å². The van der Waals surface area contributed by atoms with E-state index in [1.165, 1.54) is 29.2 Å². The molecule has 1 fully saturated rings. The third-order valence-corrected chi connectivity index (χ3v) is 3.70. The summed E-state index contributed by atoms with van der Waals surface area (Å²) >= 11 is 0. The van der Waals surface area contributed by atoms with Crippen molar-refractivity contribution in [2.45, 2.75) is 18.9 Å². The van der Waals surface area contributed by atoms with Crippen molar-refractivity contribution >= 4 is 23.5 Å². The van der Waals surface area contributed by atoms with Crippen molar-refractivity contribution in [1.29, 1.82) is 5.26 Å². The quantitative estimate of drug-likeness (QED) is 0.695. The third kappa shape index (κ3) is 4.54. The predicted octanol–water partition coefficient (Wildman–Crippen LogP) is 0.427. The molecule has 1 aromatic carbocycles. The maximum atomic E-state index is 12.0. The number of carbonyl (C=O) groups is 3. The smallest absolute Gasteiger partial charge is 0.335 e. The van der Waals surface area contributed by atoms with E-state index in [4.69, 9.17) is 10.4 Å². The van der Waals surface area contributed by atoms with E-state index in [0.29, 0.717) is 18.7 Å². The SMILES string of the molecule is N#CC1CCCN1C(=O)CNCC(=O)Nc1ccc(C(=O)O)cc1. The first-order valence-corrected chi connectivity index (χ1v) is 7.54. The molecule has 8 heteroatoms. The van der Waals surface area contributed by atoms with Gasteiger partial charge in [0.05, 0.1) is 24.7 Å². The average molecular weight is 330 g/mol. The van der Waals surface area contributed by atoms with E-state index < -0.39 is 5.97 Å². The zero-order valence-electron chi connectivity index (χ0n) is 13.0. The summed E-state index contributed by atoms with van der Waals surface area (Å²) in [6.45, 7) is 0.502. The fourth-order valence-electron chi connectivity index (χ4n) is 2.49. The number of nitrogens with one attached hydrogen (secondary N) is 2. The zero-order chi connectivity index (χ0) is 17.5. The van der Waals surface area contributed by atoms with Crippen molar-refractivity contribution in [2.75, 3.05) is 25.0 Å². The van der Waals surface area contributed by atoms with Gasteiger partial charge in [-0.05, 0) is 37.1 Å². The molecular weight excluding hydrogens is 312 g/mol. The van der Waals surface area contributed by atoms with E-state index in [-0.39, 0.29) is 36.5 Å². The molecule has 8 nitrogen and oxygen atoms in total. The molecule has 1 saturated heterocycles. The number of carbonyl (C=O) groups excluding carboxylic acids is 2. The minimum Gasteiger partial charge on any atom is -0.478 e. The van der Waals surface area contributed by atoms with Crippen molar-refractivity contribution in [2.24, 2.45) is 0 Å². The van der Waals surface area contributed by atoms with Crippen molar-refractivity contribution in [3.8, 4) is 6.07 Å². The number of rotatable bonds is 6. The molecule has 0 aliphatic carbocycles. The molecule has 0 aromatic heterocycles. The van der Waals surface area contributed by atoms with Crippen LogP contribution in [0.2, 0.25) is 0 Å². The number of benzene rings is 1. The Hall–Kier alpha value is -2.92. The number of carboxylic acids is 1. The summed E-state index contributed by atoms with van der Waals surface area (Å²) in [6.07, 6.45) is 1.51. The summed E-state index contributed by atoms with van der Waals surface area (Å²) in [5.74, 6) is -1.58. The van der Waals surface area contributed by atoms with Gasteiger partial charge < -0.3 is 15.3 Å². The second-order valence-corrected chi connectivity index (χ2v) is 5.41. The second-order valence-electron chi connectivity index (χ2n) is 5.41. The van der Waals surface area contributed by atoms with Crippen LogP contribution in [0.15, 0.2) is 24.3 Å². The summed E-state index contributed by atoms with van der Waals surface area (Å²) in [5.41, 5.74) is 0.608. The Morgan fingerprint density at radius 3 is 2.58 bits per heavy atom. The number of amides is 2. The Morgan fingerprint density at radius 1 is 1.25 bits per heavy atom. The zero-order valence-corrected chi connectivity index (χ0v) is 13.0. The number of hydrogen-bond donors (Lipinski definition) is 3. The van der Waals surface area contributed by atoms with E-state index in [9.17, 15) is 14.4 Å². The Labute approximate surface area is 139 Å². The van der Waals surface area contributed by atoms with Crippen LogP contribution in [-0.2, 0) is 9.59 Å². The lowest BCUT2D eigenvalue weighted by molar-refractivity contribution is -0.130. The van der Waals surface area contributed by atoms with Crippen LogP contribution in [0.3, 0.4) is 0 Å². The highest BCUT2D eigenvalue weighted by Gasteiger charge is 2.27. The molecule has 2 rings (SSSR count). The molecule has 1 aliphatic heterocycles. The third-order valence-electron chi connectivity index (χ3n) is 3.70. The van der Waals surface area contributed by atoms with Gasteiger partial charge in [0.2, 0.25) is 11.8 Å². The van der Waals surface area contributed by atoms with Gasteiger partial charge in [-0.1, -0.05) is 0 Å².